The number of hydrogen-bond acceptors (Lipinski definition) is 7. The number of hydrogen-bond donors (Lipinski definition) is 2. The molecule has 40 heavy (non-hydrogen) atoms. The van der Waals surface area contributed by atoms with Crippen LogP contribution in [0.2, 0.25) is 5.02 Å². The van der Waals surface area contributed by atoms with Crippen molar-refractivity contribution in [1.29, 1.82) is 0 Å². The van der Waals surface area contributed by atoms with Crippen molar-refractivity contribution in [2.45, 2.75) is 32.9 Å². The number of phenolic OH excluding ortho intramolecular Hbond substituents is 1. The maximum Gasteiger partial charge on any atom is 0.324 e. The summed E-state index contributed by atoms with van der Waals surface area (Å²) in [6.07, 6.45) is 3.00. The van der Waals surface area contributed by atoms with E-state index in [0.717, 1.165) is 10.8 Å². The van der Waals surface area contributed by atoms with Crippen LogP contribution >= 0.6 is 11.6 Å². The van der Waals surface area contributed by atoms with Crippen molar-refractivity contribution in [3.63, 3.8) is 0 Å². The van der Waals surface area contributed by atoms with Crippen molar-refractivity contribution in [3.8, 4) is 28.6 Å². The summed E-state index contributed by atoms with van der Waals surface area (Å²) in [5, 5.41) is 19.0. The molecule has 0 saturated carbocycles. The van der Waals surface area contributed by atoms with Crippen molar-refractivity contribution in [3.05, 3.63) is 65.7 Å². The highest BCUT2D eigenvalue weighted by Crippen LogP contribution is 2.43. The van der Waals surface area contributed by atoms with E-state index in [1.807, 2.05) is 47.9 Å². The molecule has 1 saturated heterocycles. The zero-order valence-electron chi connectivity index (χ0n) is 22.0. The van der Waals surface area contributed by atoms with E-state index in [4.69, 9.17) is 16.3 Å². The summed E-state index contributed by atoms with van der Waals surface area (Å²) in [7, 11) is 0. The van der Waals surface area contributed by atoms with Crippen LogP contribution in [-0.4, -0.2) is 61.3 Å². The number of rotatable bonds is 4. The minimum Gasteiger partial charge on any atom is -0.508 e. The molecule has 5 aromatic rings. The molecule has 11 heteroatoms. The number of aromatic amines is 1. The second kappa shape index (κ2) is 9.95. The predicted molar refractivity (Wildman–Crippen MR) is 151 cm³/mol. The zero-order chi connectivity index (χ0) is 28.1. The van der Waals surface area contributed by atoms with Crippen LogP contribution in [0.3, 0.4) is 0 Å². The fraction of sp³-hybridized carbons (Fsp3) is 0.241. The molecule has 0 bridgehead atoms. The third kappa shape index (κ3) is 4.44. The highest BCUT2D eigenvalue weighted by atomic mass is 35.5. The number of nitrogens with zero attached hydrogens (tertiary/aromatic N) is 5. The second-order valence-electron chi connectivity index (χ2n) is 10.0. The Balaban J connectivity index is 1.58. The molecule has 1 fully saturated rings. The van der Waals surface area contributed by atoms with Gasteiger partial charge < -0.3 is 19.6 Å². The SMILES string of the molecule is CC(=O)N1C[C@H](C)N(c2nc(Oc3cn[nH]c3)nc3c(F)c(-c4cc(O)cc5ccccc45)c(Cl)cc23)C[C@H]1C. The lowest BCUT2D eigenvalue weighted by Gasteiger charge is -2.44. The maximum atomic E-state index is 16.6. The summed E-state index contributed by atoms with van der Waals surface area (Å²) in [6.45, 7) is 6.44. The Labute approximate surface area is 234 Å². The van der Waals surface area contributed by atoms with Gasteiger partial charge in [-0.15, -0.1) is 0 Å². The molecule has 1 aliphatic heterocycles. The third-order valence-electron chi connectivity index (χ3n) is 7.30. The lowest BCUT2D eigenvalue weighted by atomic mass is 9.96. The molecule has 0 radical (unpaired) electrons. The summed E-state index contributed by atoms with van der Waals surface area (Å²) in [5.74, 6) is 0.123. The number of piperazine rings is 1. The van der Waals surface area contributed by atoms with E-state index in [2.05, 4.69) is 20.2 Å². The monoisotopic (exact) mass is 560 g/mol. The van der Waals surface area contributed by atoms with E-state index in [1.54, 1.807) is 19.1 Å². The first-order valence-electron chi connectivity index (χ1n) is 12.8. The molecule has 1 aliphatic rings. The first-order valence-corrected chi connectivity index (χ1v) is 13.2. The van der Waals surface area contributed by atoms with Gasteiger partial charge in [0.2, 0.25) is 5.91 Å². The van der Waals surface area contributed by atoms with Crippen molar-refractivity contribution >= 4 is 45.0 Å². The summed E-state index contributed by atoms with van der Waals surface area (Å²) < 4.78 is 22.5. The molecule has 0 unspecified atom stereocenters. The Morgan fingerprint density at radius 2 is 1.93 bits per heavy atom. The van der Waals surface area contributed by atoms with Crippen molar-refractivity contribution < 1.29 is 19.0 Å². The fourth-order valence-corrected chi connectivity index (χ4v) is 5.73. The predicted octanol–water partition coefficient (Wildman–Crippen LogP) is 5.91. The molecule has 6 rings (SSSR count). The van der Waals surface area contributed by atoms with Crippen molar-refractivity contribution in [2.75, 3.05) is 18.0 Å². The normalized spacial score (nSPS) is 17.5. The van der Waals surface area contributed by atoms with Gasteiger partial charge >= 0.3 is 6.01 Å². The number of carbonyl (C=O) groups excluding carboxylic acids is 1. The van der Waals surface area contributed by atoms with Gasteiger partial charge in [-0.3, -0.25) is 9.89 Å². The van der Waals surface area contributed by atoms with Crippen LogP contribution in [0, 0.1) is 5.82 Å². The van der Waals surface area contributed by atoms with Gasteiger partial charge in [-0.2, -0.15) is 15.1 Å². The number of benzene rings is 3. The molecular formula is C29H26ClFN6O3. The topological polar surface area (TPSA) is 107 Å². The molecule has 2 N–H and O–H groups in total. The van der Waals surface area contributed by atoms with E-state index >= 15 is 4.39 Å². The average Bonchev–Trinajstić information content (AvgIpc) is 3.42. The number of halogens is 2. The van der Waals surface area contributed by atoms with Crippen LogP contribution in [0.1, 0.15) is 20.8 Å². The van der Waals surface area contributed by atoms with E-state index in [9.17, 15) is 9.90 Å². The third-order valence-corrected chi connectivity index (χ3v) is 7.60. The van der Waals surface area contributed by atoms with Gasteiger partial charge in [0.05, 0.1) is 17.4 Å². The first-order chi connectivity index (χ1) is 19.2. The number of aromatic nitrogens is 4. The number of carbonyl (C=O) groups is 1. The molecular weight excluding hydrogens is 535 g/mol. The largest absolute Gasteiger partial charge is 0.508 e. The van der Waals surface area contributed by atoms with E-state index in [0.29, 0.717) is 35.6 Å². The van der Waals surface area contributed by atoms with Gasteiger partial charge in [0.15, 0.2) is 11.6 Å². The molecule has 9 nitrogen and oxygen atoms in total. The molecule has 2 aromatic heterocycles. The molecule has 1 amide bonds. The highest BCUT2D eigenvalue weighted by molar-refractivity contribution is 6.35. The second-order valence-corrected chi connectivity index (χ2v) is 10.5. The molecule has 0 aliphatic carbocycles. The minimum absolute atomic E-state index is 0.00685. The summed E-state index contributed by atoms with van der Waals surface area (Å²) in [5.41, 5.74) is 0.571. The lowest BCUT2D eigenvalue weighted by Crippen LogP contribution is -2.58. The van der Waals surface area contributed by atoms with E-state index < -0.39 is 5.82 Å². The van der Waals surface area contributed by atoms with E-state index in [1.165, 1.54) is 18.5 Å². The van der Waals surface area contributed by atoms with Crippen LogP contribution in [0.5, 0.6) is 17.5 Å². The standard InChI is InChI=1S/C29H26ClFN6O3/c1-15-14-37(16(2)13-36(15)17(3)38)28-23-10-24(30)25(22-9-19(39)8-18-6-4-5-7-21(18)22)26(31)27(23)34-29(35-28)40-20-11-32-33-12-20/h4-12,15-16,39H,13-14H2,1-3H3,(H,32,33)/t15-,16+/m1/s1. The molecule has 204 valence electrons. The molecule has 3 aromatic carbocycles. The summed E-state index contributed by atoms with van der Waals surface area (Å²) in [4.78, 5) is 25.2. The number of phenols is 1. The van der Waals surface area contributed by atoms with Gasteiger partial charge in [0, 0.05) is 43.0 Å². The van der Waals surface area contributed by atoms with Crippen LogP contribution in [0.15, 0.2) is 54.9 Å². The van der Waals surface area contributed by atoms with Crippen LogP contribution in [-0.2, 0) is 4.79 Å². The van der Waals surface area contributed by atoms with E-state index in [-0.39, 0.29) is 45.9 Å². The number of ether oxygens (including phenoxy) is 1. The molecule has 3 heterocycles. The lowest BCUT2D eigenvalue weighted by molar-refractivity contribution is -0.131. The number of anilines is 1. The van der Waals surface area contributed by atoms with Crippen LogP contribution in [0.4, 0.5) is 10.2 Å². The quantitative estimate of drug-likeness (QED) is 0.281. The zero-order valence-corrected chi connectivity index (χ0v) is 22.8. The Morgan fingerprint density at radius 3 is 2.67 bits per heavy atom. The summed E-state index contributed by atoms with van der Waals surface area (Å²) >= 11 is 6.80. The first kappa shape index (κ1) is 25.8. The van der Waals surface area contributed by atoms with Crippen LogP contribution < -0.4 is 9.64 Å². The Kier molecular flexibility index (Phi) is 6.42. The Hall–Kier alpha value is -4.44. The minimum atomic E-state index is -0.665. The number of amides is 1. The summed E-state index contributed by atoms with van der Waals surface area (Å²) in [6, 6.07) is 11.8. The molecule has 2 atom stereocenters. The van der Waals surface area contributed by atoms with Gasteiger partial charge in [0.1, 0.15) is 17.1 Å². The number of fused-ring (bicyclic) bond motifs is 2. The fourth-order valence-electron chi connectivity index (χ4n) is 5.43. The van der Waals surface area contributed by atoms with Gasteiger partial charge in [-0.05, 0) is 48.4 Å². The Bertz CT molecular complexity index is 1760. The number of H-pyrrole nitrogens is 1. The Morgan fingerprint density at radius 1 is 1.12 bits per heavy atom. The van der Waals surface area contributed by atoms with Gasteiger partial charge in [-0.1, -0.05) is 35.9 Å². The van der Waals surface area contributed by atoms with Crippen molar-refractivity contribution in [2.24, 2.45) is 0 Å². The smallest absolute Gasteiger partial charge is 0.324 e. The van der Waals surface area contributed by atoms with Gasteiger partial charge in [-0.25, -0.2) is 4.39 Å². The van der Waals surface area contributed by atoms with Gasteiger partial charge in [0.25, 0.3) is 0 Å². The van der Waals surface area contributed by atoms with Crippen LogP contribution in [0.25, 0.3) is 32.8 Å². The highest BCUT2D eigenvalue weighted by Gasteiger charge is 2.33. The average molecular weight is 561 g/mol. The maximum absolute atomic E-state index is 16.6. The van der Waals surface area contributed by atoms with Crippen molar-refractivity contribution in [1.82, 2.24) is 25.1 Å². The number of aromatic hydroxyl groups is 1. The number of nitrogens with one attached hydrogen (secondary N) is 1. The molecule has 0 spiro atoms.